The predicted molar refractivity (Wildman–Crippen MR) is 82.6 cm³/mol. The van der Waals surface area contributed by atoms with Crippen LogP contribution in [0.1, 0.15) is 43.7 Å². The van der Waals surface area contributed by atoms with Crippen LogP contribution in [0.5, 0.6) is 0 Å². The summed E-state index contributed by atoms with van der Waals surface area (Å²) >= 11 is 0. The fourth-order valence-corrected chi connectivity index (χ4v) is 2.68. The lowest BCUT2D eigenvalue weighted by atomic mass is 9.90. The van der Waals surface area contributed by atoms with E-state index < -0.39 is 0 Å². The molecule has 0 fully saturated rings. The van der Waals surface area contributed by atoms with Gasteiger partial charge in [0.1, 0.15) is 0 Å². The van der Waals surface area contributed by atoms with E-state index in [1.54, 1.807) is 0 Å². The fraction of sp³-hybridized carbons (Fsp3) is 0.500. The molecule has 112 valence electrons. The Labute approximate surface area is 125 Å². The Morgan fingerprint density at radius 2 is 2.05 bits per heavy atom. The summed E-state index contributed by atoms with van der Waals surface area (Å²) in [5, 5.41) is 14.7. The third-order valence-electron chi connectivity index (χ3n) is 3.77. The van der Waals surface area contributed by atoms with Crippen LogP contribution < -0.4 is 10.6 Å². The molecule has 0 unspecified atom stereocenters. The van der Waals surface area contributed by atoms with Gasteiger partial charge in [-0.05, 0) is 42.9 Å². The van der Waals surface area contributed by atoms with Crippen LogP contribution in [0.4, 0.5) is 11.7 Å². The van der Waals surface area contributed by atoms with E-state index in [0.717, 1.165) is 18.5 Å². The highest BCUT2D eigenvalue weighted by molar-refractivity contribution is 5.60. The number of aryl methyl sites for hydroxylation is 1. The number of hydrogen-bond donors (Lipinski definition) is 2. The van der Waals surface area contributed by atoms with Gasteiger partial charge in [0.2, 0.25) is 5.89 Å². The molecule has 1 aliphatic rings. The maximum atomic E-state index is 5.63. The molecule has 0 amide bonds. The Hall–Kier alpha value is -1.88. The lowest BCUT2D eigenvalue weighted by molar-refractivity contribution is 0.460. The van der Waals surface area contributed by atoms with Crippen molar-refractivity contribution in [3.05, 3.63) is 35.2 Å². The Morgan fingerprint density at radius 3 is 2.90 bits per heavy atom. The molecule has 0 bridgehead atoms. The summed E-state index contributed by atoms with van der Waals surface area (Å²) in [6.45, 7) is 4.77. The molecule has 1 aliphatic carbocycles. The van der Waals surface area contributed by atoms with E-state index in [2.05, 4.69) is 52.9 Å². The maximum Gasteiger partial charge on any atom is 0.320 e. The summed E-state index contributed by atoms with van der Waals surface area (Å²) in [7, 11) is 0. The molecule has 1 heterocycles. The lowest BCUT2D eigenvalue weighted by Gasteiger charge is -2.18. The second-order valence-corrected chi connectivity index (χ2v) is 5.81. The molecule has 0 radical (unpaired) electrons. The van der Waals surface area contributed by atoms with E-state index in [1.165, 1.54) is 24.0 Å². The van der Waals surface area contributed by atoms with E-state index in [9.17, 15) is 0 Å². The van der Waals surface area contributed by atoms with Crippen LogP contribution in [0, 0.1) is 0 Å². The molecule has 2 N–H and O–H groups in total. The quantitative estimate of drug-likeness (QED) is 0.884. The second-order valence-electron chi connectivity index (χ2n) is 5.81. The average Bonchev–Trinajstić information content (AvgIpc) is 2.93. The van der Waals surface area contributed by atoms with Gasteiger partial charge in [-0.2, -0.15) is 0 Å². The first-order valence-electron chi connectivity index (χ1n) is 7.66. The van der Waals surface area contributed by atoms with E-state index in [4.69, 9.17) is 4.42 Å². The first-order valence-corrected chi connectivity index (χ1v) is 7.66. The van der Waals surface area contributed by atoms with Gasteiger partial charge in [-0.15, -0.1) is 5.10 Å². The minimum atomic E-state index is 0.398. The van der Waals surface area contributed by atoms with Crippen LogP contribution in [0.25, 0.3) is 0 Å². The molecule has 0 aliphatic heterocycles. The predicted octanol–water partition coefficient (Wildman–Crippen LogP) is 3.19. The molecule has 5 nitrogen and oxygen atoms in total. The zero-order valence-electron chi connectivity index (χ0n) is 12.6. The third-order valence-corrected chi connectivity index (χ3v) is 3.77. The molecule has 3 rings (SSSR count). The SMILES string of the molecule is CC(C)NCc1nnc(Nc2cccc3c2CCCC3)o1. The van der Waals surface area contributed by atoms with Gasteiger partial charge in [0, 0.05) is 11.7 Å². The van der Waals surface area contributed by atoms with Gasteiger partial charge < -0.3 is 15.1 Å². The molecule has 0 spiro atoms. The summed E-state index contributed by atoms with van der Waals surface area (Å²) in [6, 6.07) is 7.25. The topological polar surface area (TPSA) is 63.0 Å². The molecule has 2 aromatic rings. The molecule has 0 saturated heterocycles. The van der Waals surface area contributed by atoms with E-state index in [-0.39, 0.29) is 0 Å². The van der Waals surface area contributed by atoms with Gasteiger partial charge in [0.05, 0.1) is 6.54 Å². The van der Waals surface area contributed by atoms with Crippen LogP contribution in [0.15, 0.2) is 22.6 Å². The summed E-state index contributed by atoms with van der Waals surface area (Å²) in [4.78, 5) is 0. The van der Waals surface area contributed by atoms with Crippen LogP contribution >= 0.6 is 0 Å². The second kappa shape index (κ2) is 6.26. The van der Waals surface area contributed by atoms with Crippen molar-refractivity contribution >= 4 is 11.7 Å². The van der Waals surface area contributed by atoms with E-state index >= 15 is 0 Å². The highest BCUT2D eigenvalue weighted by atomic mass is 16.4. The first-order chi connectivity index (χ1) is 10.2. The lowest BCUT2D eigenvalue weighted by Crippen LogP contribution is -2.21. The Kier molecular flexibility index (Phi) is 4.20. The number of nitrogens with zero attached hydrogens (tertiary/aromatic N) is 2. The minimum absolute atomic E-state index is 0.398. The number of benzene rings is 1. The highest BCUT2D eigenvalue weighted by Crippen LogP contribution is 2.29. The van der Waals surface area contributed by atoms with Crippen LogP contribution in [-0.2, 0) is 19.4 Å². The van der Waals surface area contributed by atoms with Gasteiger partial charge >= 0.3 is 6.01 Å². The van der Waals surface area contributed by atoms with E-state index in [0.29, 0.717) is 24.5 Å². The number of hydrogen-bond acceptors (Lipinski definition) is 5. The van der Waals surface area contributed by atoms with Crippen molar-refractivity contribution in [1.82, 2.24) is 15.5 Å². The smallest absolute Gasteiger partial charge is 0.320 e. The van der Waals surface area contributed by atoms with Gasteiger partial charge in [-0.25, -0.2) is 0 Å². The first kappa shape index (κ1) is 14.1. The standard InChI is InChI=1S/C16H22N4O/c1-11(2)17-10-15-19-20-16(21-15)18-14-9-5-7-12-6-3-4-8-13(12)14/h5,7,9,11,17H,3-4,6,8,10H2,1-2H3,(H,18,20). The van der Waals surface area contributed by atoms with Gasteiger partial charge in [-0.1, -0.05) is 31.1 Å². The number of nitrogens with one attached hydrogen (secondary N) is 2. The average molecular weight is 286 g/mol. The van der Waals surface area contributed by atoms with Crippen molar-refractivity contribution in [3.8, 4) is 0 Å². The molecule has 1 aromatic carbocycles. The minimum Gasteiger partial charge on any atom is -0.406 e. The fourth-order valence-electron chi connectivity index (χ4n) is 2.68. The molecule has 21 heavy (non-hydrogen) atoms. The van der Waals surface area contributed by atoms with Crippen molar-refractivity contribution in [2.45, 2.75) is 52.1 Å². The van der Waals surface area contributed by atoms with Crippen molar-refractivity contribution in [2.75, 3.05) is 5.32 Å². The number of rotatable bonds is 5. The normalized spacial score (nSPS) is 14.2. The monoisotopic (exact) mass is 286 g/mol. The Bertz CT molecular complexity index is 606. The summed E-state index contributed by atoms with van der Waals surface area (Å²) in [6.07, 6.45) is 4.81. The largest absolute Gasteiger partial charge is 0.406 e. The van der Waals surface area contributed by atoms with Gasteiger partial charge in [-0.3, -0.25) is 0 Å². The van der Waals surface area contributed by atoms with Crippen molar-refractivity contribution in [1.29, 1.82) is 0 Å². The molecule has 1 aromatic heterocycles. The molecule has 0 atom stereocenters. The molecule has 0 saturated carbocycles. The summed E-state index contributed by atoms with van der Waals surface area (Å²) < 4.78 is 5.63. The Balaban J connectivity index is 1.72. The zero-order valence-corrected chi connectivity index (χ0v) is 12.6. The van der Waals surface area contributed by atoms with Gasteiger partial charge in [0.25, 0.3) is 0 Å². The molecule has 5 heteroatoms. The molecular formula is C16H22N4O. The van der Waals surface area contributed by atoms with Gasteiger partial charge in [0.15, 0.2) is 0 Å². The summed E-state index contributed by atoms with van der Waals surface area (Å²) in [5.41, 5.74) is 3.93. The number of fused-ring (bicyclic) bond motifs is 1. The van der Waals surface area contributed by atoms with Crippen LogP contribution in [0.2, 0.25) is 0 Å². The number of aromatic nitrogens is 2. The third kappa shape index (κ3) is 3.42. The van der Waals surface area contributed by atoms with E-state index in [1.807, 2.05) is 0 Å². The molecular weight excluding hydrogens is 264 g/mol. The highest BCUT2D eigenvalue weighted by Gasteiger charge is 2.14. The maximum absolute atomic E-state index is 5.63. The van der Waals surface area contributed by atoms with Crippen molar-refractivity contribution in [2.24, 2.45) is 0 Å². The number of anilines is 2. The zero-order chi connectivity index (χ0) is 14.7. The summed E-state index contributed by atoms with van der Waals surface area (Å²) in [5.74, 6) is 0.607. The Morgan fingerprint density at radius 1 is 1.19 bits per heavy atom. The van der Waals surface area contributed by atoms with Crippen LogP contribution in [-0.4, -0.2) is 16.2 Å². The van der Waals surface area contributed by atoms with Crippen molar-refractivity contribution in [3.63, 3.8) is 0 Å². The van der Waals surface area contributed by atoms with Crippen LogP contribution in [0.3, 0.4) is 0 Å². The van der Waals surface area contributed by atoms with Crippen molar-refractivity contribution < 1.29 is 4.42 Å².